The fourth-order valence-electron chi connectivity index (χ4n) is 4.85. The van der Waals surface area contributed by atoms with Crippen LogP contribution in [0.5, 0.6) is 0 Å². The van der Waals surface area contributed by atoms with E-state index >= 15 is 0 Å². The van der Waals surface area contributed by atoms with E-state index in [4.69, 9.17) is 25.8 Å². The Balaban J connectivity index is 1.71. The van der Waals surface area contributed by atoms with E-state index in [2.05, 4.69) is 60.6 Å². The monoisotopic (exact) mass is 454 g/mol. The van der Waals surface area contributed by atoms with Gasteiger partial charge in [0, 0.05) is 15.8 Å². The maximum atomic E-state index is 6.72. The highest BCUT2D eigenvalue weighted by atomic mass is 35.5. The van der Waals surface area contributed by atoms with Crippen LogP contribution in [0.15, 0.2) is 29.2 Å². The zero-order valence-electron chi connectivity index (χ0n) is 19.5. The summed E-state index contributed by atoms with van der Waals surface area (Å²) in [6.45, 7) is 15.9. The number of benzene rings is 1. The Bertz CT molecular complexity index is 665. The van der Waals surface area contributed by atoms with Gasteiger partial charge in [-0.2, -0.15) is 0 Å². The van der Waals surface area contributed by atoms with E-state index in [9.17, 15) is 0 Å². The van der Waals surface area contributed by atoms with Crippen molar-refractivity contribution in [1.29, 1.82) is 0 Å². The summed E-state index contributed by atoms with van der Waals surface area (Å²) in [4.78, 5) is 1.19. The molecule has 0 amide bonds. The van der Waals surface area contributed by atoms with Crippen molar-refractivity contribution in [3.05, 3.63) is 29.3 Å². The lowest BCUT2D eigenvalue weighted by Crippen LogP contribution is -2.54. The third-order valence-electron chi connectivity index (χ3n) is 7.60. The molecule has 2 aliphatic rings. The lowest BCUT2D eigenvalue weighted by atomic mass is 9.78. The molecular weight excluding hydrogens is 416 g/mol. The predicted octanol–water partition coefficient (Wildman–Crippen LogP) is 7.27. The van der Waals surface area contributed by atoms with Crippen LogP contribution in [0.2, 0.25) is 5.02 Å². The first-order valence-electron chi connectivity index (χ1n) is 11.6. The van der Waals surface area contributed by atoms with Gasteiger partial charge >= 0.3 is 0 Å². The molecule has 0 spiro atoms. The molecule has 0 aromatic heterocycles. The Morgan fingerprint density at radius 3 is 2.03 bits per heavy atom. The summed E-state index contributed by atoms with van der Waals surface area (Å²) < 4.78 is 19.8. The Labute approximate surface area is 192 Å². The number of halogens is 1. The van der Waals surface area contributed by atoms with E-state index in [-0.39, 0.29) is 30.0 Å². The van der Waals surface area contributed by atoms with Crippen LogP contribution in [0.1, 0.15) is 61.3 Å². The van der Waals surface area contributed by atoms with Gasteiger partial charge in [-0.3, -0.25) is 0 Å². The van der Waals surface area contributed by atoms with Gasteiger partial charge in [0.05, 0.1) is 18.3 Å². The predicted molar refractivity (Wildman–Crippen MR) is 126 cm³/mol. The molecule has 0 aliphatic carbocycles. The molecule has 2 fully saturated rings. The van der Waals surface area contributed by atoms with Crippen LogP contribution in [-0.4, -0.2) is 30.0 Å². The summed E-state index contributed by atoms with van der Waals surface area (Å²) in [6.07, 6.45) is 2.21. The van der Waals surface area contributed by atoms with E-state index < -0.39 is 0 Å². The molecule has 3 nitrogen and oxygen atoms in total. The van der Waals surface area contributed by atoms with Gasteiger partial charge < -0.3 is 14.2 Å². The SMILES string of the molecule is CCC1O[C@@H](O[C@@H]2C(CC)O[C@@H](Sc3ccc(Cl)cc3)C(C)[C@@H]2C)C(C)[C@@H](C)[C@@H]1C. The lowest BCUT2D eigenvalue weighted by Gasteiger charge is -2.49. The summed E-state index contributed by atoms with van der Waals surface area (Å²) in [5.41, 5.74) is 0.109. The van der Waals surface area contributed by atoms with Crippen LogP contribution < -0.4 is 0 Å². The maximum Gasteiger partial charge on any atom is 0.161 e. The number of thioether (sulfide) groups is 1. The molecule has 2 saturated heterocycles. The molecule has 4 unspecified atom stereocenters. The lowest BCUT2D eigenvalue weighted by molar-refractivity contribution is -0.295. The van der Waals surface area contributed by atoms with Crippen molar-refractivity contribution in [2.75, 3.05) is 0 Å². The Hall–Kier alpha value is -0.260. The number of rotatable bonds is 6. The molecule has 0 N–H and O–H groups in total. The standard InChI is InChI=1S/C25H39ClO3S/c1-8-21-15(4)14(3)17(6)24(27-21)29-23-16(5)18(7)25(28-22(23)9-2)30-20-12-10-19(26)11-13-20/h10-18,21-25H,8-9H2,1-7H3/t14-,15-,16-,17?,18?,21?,22?,23-,24-,25-/m0/s1. The normalized spacial score (nSPS) is 42.3. The van der Waals surface area contributed by atoms with Crippen molar-refractivity contribution in [3.63, 3.8) is 0 Å². The minimum Gasteiger partial charge on any atom is -0.361 e. The highest BCUT2D eigenvalue weighted by Crippen LogP contribution is 2.44. The topological polar surface area (TPSA) is 27.7 Å². The van der Waals surface area contributed by atoms with Crippen LogP contribution in [0, 0.1) is 29.6 Å². The van der Waals surface area contributed by atoms with Gasteiger partial charge in [0.1, 0.15) is 5.44 Å². The minimum absolute atomic E-state index is 0.0534. The zero-order chi connectivity index (χ0) is 22.0. The molecule has 3 rings (SSSR count). The first kappa shape index (κ1) is 24.4. The van der Waals surface area contributed by atoms with Crippen molar-refractivity contribution >= 4 is 23.4 Å². The third-order valence-corrected chi connectivity index (χ3v) is 9.17. The van der Waals surface area contributed by atoms with Gasteiger partial charge in [-0.05, 0) is 60.8 Å². The van der Waals surface area contributed by atoms with Crippen molar-refractivity contribution in [1.82, 2.24) is 0 Å². The smallest absolute Gasteiger partial charge is 0.161 e. The van der Waals surface area contributed by atoms with Crippen molar-refractivity contribution in [3.8, 4) is 0 Å². The molecule has 2 heterocycles. The Morgan fingerprint density at radius 2 is 1.43 bits per heavy atom. The minimum atomic E-state index is -0.154. The molecule has 5 heteroatoms. The summed E-state index contributed by atoms with van der Waals surface area (Å²) >= 11 is 7.84. The van der Waals surface area contributed by atoms with Crippen LogP contribution in [0.4, 0.5) is 0 Å². The molecule has 2 aliphatic heterocycles. The first-order chi connectivity index (χ1) is 14.3. The van der Waals surface area contributed by atoms with Crippen LogP contribution >= 0.6 is 23.4 Å². The summed E-state index contributed by atoms with van der Waals surface area (Å²) in [5.74, 6) is 2.28. The second-order valence-corrected chi connectivity index (χ2v) is 11.0. The van der Waals surface area contributed by atoms with Gasteiger partial charge in [-0.1, -0.05) is 71.8 Å². The summed E-state index contributed by atoms with van der Waals surface area (Å²) in [5, 5.41) is 0.765. The van der Waals surface area contributed by atoms with Gasteiger partial charge in [0.25, 0.3) is 0 Å². The van der Waals surface area contributed by atoms with Crippen LogP contribution in [0.3, 0.4) is 0 Å². The molecular formula is C25H39ClO3S. The largest absolute Gasteiger partial charge is 0.361 e. The van der Waals surface area contributed by atoms with Crippen molar-refractivity contribution < 1.29 is 14.2 Å². The molecule has 1 aromatic rings. The summed E-state index contributed by atoms with van der Waals surface area (Å²) in [6, 6.07) is 8.03. The Kier molecular flexibility index (Phi) is 8.59. The number of ether oxygens (including phenoxy) is 3. The van der Waals surface area contributed by atoms with Gasteiger partial charge in [-0.15, -0.1) is 0 Å². The highest BCUT2D eigenvalue weighted by molar-refractivity contribution is 7.99. The van der Waals surface area contributed by atoms with Crippen LogP contribution in [0.25, 0.3) is 0 Å². The van der Waals surface area contributed by atoms with Gasteiger partial charge in [0.2, 0.25) is 0 Å². The van der Waals surface area contributed by atoms with Crippen LogP contribution in [-0.2, 0) is 14.2 Å². The highest BCUT2D eigenvalue weighted by Gasteiger charge is 2.46. The average Bonchev–Trinajstić information content (AvgIpc) is 2.74. The fraction of sp³-hybridized carbons (Fsp3) is 0.760. The number of hydrogen-bond donors (Lipinski definition) is 0. The molecule has 0 bridgehead atoms. The maximum absolute atomic E-state index is 6.72. The van der Waals surface area contributed by atoms with E-state index in [1.165, 1.54) is 4.90 Å². The van der Waals surface area contributed by atoms with E-state index in [1.54, 1.807) is 11.8 Å². The molecule has 10 atom stereocenters. The quantitative estimate of drug-likeness (QED) is 0.451. The van der Waals surface area contributed by atoms with E-state index in [1.807, 2.05) is 12.1 Å². The molecule has 170 valence electrons. The fourth-order valence-corrected chi connectivity index (χ4v) is 6.19. The van der Waals surface area contributed by atoms with E-state index in [0.717, 1.165) is 17.9 Å². The van der Waals surface area contributed by atoms with Crippen molar-refractivity contribution in [2.45, 2.75) is 96.2 Å². The second-order valence-electron chi connectivity index (χ2n) is 9.37. The van der Waals surface area contributed by atoms with E-state index in [0.29, 0.717) is 29.6 Å². The molecule has 0 radical (unpaired) electrons. The first-order valence-corrected chi connectivity index (χ1v) is 12.9. The molecule has 1 aromatic carbocycles. The number of hydrogen-bond acceptors (Lipinski definition) is 4. The van der Waals surface area contributed by atoms with Gasteiger partial charge in [0.15, 0.2) is 6.29 Å². The molecule has 0 saturated carbocycles. The zero-order valence-corrected chi connectivity index (χ0v) is 21.1. The third kappa shape index (κ3) is 5.20. The van der Waals surface area contributed by atoms with Crippen molar-refractivity contribution in [2.24, 2.45) is 29.6 Å². The molecule has 30 heavy (non-hydrogen) atoms. The second kappa shape index (κ2) is 10.6. The summed E-state index contributed by atoms with van der Waals surface area (Å²) in [7, 11) is 0. The van der Waals surface area contributed by atoms with Gasteiger partial charge in [-0.25, -0.2) is 0 Å². The average molecular weight is 455 g/mol. The Morgan fingerprint density at radius 1 is 0.800 bits per heavy atom.